The molecule has 0 unspecified atom stereocenters. The van der Waals surface area contributed by atoms with Crippen LogP contribution in [0.3, 0.4) is 0 Å². The van der Waals surface area contributed by atoms with Crippen LogP contribution in [-0.2, 0) is 11.0 Å². The topological polar surface area (TPSA) is 87.0 Å². The Morgan fingerprint density at radius 3 is 2.12 bits per heavy atom. The average molecular weight is 562 g/mol. The number of nitrogens with one attached hydrogen (secondary N) is 1. The van der Waals surface area contributed by atoms with Crippen LogP contribution in [0.5, 0.6) is 23.0 Å². The van der Waals surface area contributed by atoms with Gasteiger partial charge in [0.2, 0.25) is 11.2 Å². The van der Waals surface area contributed by atoms with E-state index in [1.54, 1.807) is 36.4 Å². The first-order valence-corrected chi connectivity index (χ1v) is 12.3. The van der Waals surface area contributed by atoms with E-state index in [4.69, 9.17) is 18.6 Å². The second-order valence-electron chi connectivity index (χ2n) is 8.80. The highest BCUT2D eigenvalue weighted by atomic mass is 19.4. The third kappa shape index (κ3) is 6.33. The van der Waals surface area contributed by atoms with Gasteiger partial charge in [-0.05, 0) is 59.7 Å². The summed E-state index contributed by atoms with van der Waals surface area (Å²) in [7, 11) is 1.52. The van der Waals surface area contributed by atoms with E-state index in [2.05, 4.69) is 5.32 Å². The maximum Gasteiger partial charge on any atom is 0.453 e. The molecule has 10 heteroatoms. The van der Waals surface area contributed by atoms with Crippen LogP contribution in [0, 0.1) is 0 Å². The molecule has 208 valence electrons. The van der Waals surface area contributed by atoms with Crippen molar-refractivity contribution >= 4 is 22.6 Å². The maximum absolute atomic E-state index is 13.9. The zero-order chi connectivity index (χ0) is 29.0. The van der Waals surface area contributed by atoms with Gasteiger partial charge in [-0.3, -0.25) is 9.59 Å². The van der Waals surface area contributed by atoms with Gasteiger partial charge in [-0.15, -0.1) is 0 Å². The summed E-state index contributed by atoms with van der Waals surface area (Å²) >= 11 is 0. The molecule has 1 N–H and O–H groups in total. The number of methoxy groups -OCH3 is 1. The fourth-order valence-electron chi connectivity index (χ4n) is 4.01. The molecule has 1 heterocycles. The number of rotatable bonds is 8. The minimum atomic E-state index is -5.03. The molecule has 4 aromatic carbocycles. The number of ether oxygens (including phenoxy) is 3. The number of carbonyl (C=O) groups excluding carboxylic acids is 1. The van der Waals surface area contributed by atoms with Gasteiger partial charge in [-0.25, -0.2) is 0 Å². The quantitative estimate of drug-likeness (QED) is 0.214. The van der Waals surface area contributed by atoms with Gasteiger partial charge < -0.3 is 23.9 Å². The fourth-order valence-corrected chi connectivity index (χ4v) is 4.01. The second-order valence-corrected chi connectivity index (χ2v) is 8.80. The number of alkyl halides is 3. The van der Waals surface area contributed by atoms with Gasteiger partial charge in [0, 0.05) is 11.8 Å². The molecule has 1 aromatic heterocycles. The first kappa shape index (κ1) is 27.3. The van der Waals surface area contributed by atoms with E-state index < -0.39 is 35.6 Å². The van der Waals surface area contributed by atoms with Crippen LogP contribution in [0.1, 0.15) is 5.76 Å². The van der Waals surface area contributed by atoms with Gasteiger partial charge in [0.15, 0.2) is 6.61 Å². The smallest absolute Gasteiger partial charge is 0.453 e. The van der Waals surface area contributed by atoms with E-state index in [0.717, 1.165) is 17.2 Å². The van der Waals surface area contributed by atoms with Crippen molar-refractivity contribution in [3.63, 3.8) is 0 Å². The van der Waals surface area contributed by atoms with Crippen molar-refractivity contribution in [1.82, 2.24) is 0 Å². The molecule has 41 heavy (non-hydrogen) atoms. The highest BCUT2D eigenvalue weighted by molar-refractivity contribution is 5.92. The van der Waals surface area contributed by atoms with Crippen molar-refractivity contribution < 1.29 is 36.6 Å². The molecule has 0 spiro atoms. The molecule has 0 aliphatic carbocycles. The lowest BCUT2D eigenvalue weighted by atomic mass is 10.1. The minimum absolute atomic E-state index is 0.0313. The molecule has 5 aromatic rings. The zero-order valence-corrected chi connectivity index (χ0v) is 21.5. The molecule has 0 fully saturated rings. The van der Waals surface area contributed by atoms with Crippen LogP contribution in [0.15, 0.2) is 106 Å². The first-order valence-electron chi connectivity index (χ1n) is 12.3. The predicted molar refractivity (Wildman–Crippen MR) is 147 cm³/mol. The summed E-state index contributed by atoms with van der Waals surface area (Å²) in [5.41, 5.74) is 0.860. The first-order chi connectivity index (χ1) is 19.7. The Labute approximate surface area is 231 Å². The van der Waals surface area contributed by atoms with Gasteiger partial charge in [-0.1, -0.05) is 42.5 Å². The van der Waals surface area contributed by atoms with E-state index in [9.17, 15) is 22.8 Å². The molecule has 1 amide bonds. The van der Waals surface area contributed by atoms with E-state index >= 15 is 0 Å². The Hall–Kier alpha value is -5.25. The Morgan fingerprint density at radius 2 is 1.46 bits per heavy atom. The molecule has 7 nitrogen and oxygen atoms in total. The Morgan fingerprint density at radius 1 is 0.829 bits per heavy atom. The van der Waals surface area contributed by atoms with Crippen molar-refractivity contribution in [3.05, 3.63) is 113 Å². The highest BCUT2D eigenvalue weighted by Crippen LogP contribution is 2.39. The molecule has 0 aliphatic heterocycles. The highest BCUT2D eigenvalue weighted by Gasteiger charge is 2.40. The van der Waals surface area contributed by atoms with E-state index in [1.165, 1.54) is 31.4 Å². The second kappa shape index (κ2) is 11.5. The fraction of sp³-hybridized carbons (Fsp3) is 0.0968. The van der Waals surface area contributed by atoms with E-state index in [-0.39, 0.29) is 22.5 Å². The third-order valence-corrected chi connectivity index (χ3v) is 6.00. The van der Waals surface area contributed by atoms with Gasteiger partial charge in [-0.2, -0.15) is 13.2 Å². The van der Waals surface area contributed by atoms with Crippen molar-refractivity contribution in [1.29, 1.82) is 0 Å². The molecule has 0 bridgehead atoms. The normalized spacial score (nSPS) is 11.2. The lowest BCUT2D eigenvalue weighted by Crippen LogP contribution is -2.20. The van der Waals surface area contributed by atoms with Crippen molar-refractivity contribution in [2.45, 2.75) is 6.18 Å². The monoisotopic (exact) mass is 561 g/mol. The standard InChI is InChI=1S/C31H22F3NO6/c1-38-22-13-9-21(10-14-22)35-27(36)18-39-24-15-16-25-26(17-24)41-30(31(32,33)34)29(28(25)37)40-23-11-7-20(8-12-23)19-5-3-2-4-6-19/h2-17H,18H2,1H3,(H,35,36). The predicted octanol–water partition coefficient (Wildman–Crippen LogP) is 7.30. The minimum Gasteiger partial charge on any atom is -0.497 e. The number of carbonyl (C=O) groups is 1. The molecule has 0 saturated carbocycles. The molecule has 0 saturated heterocycles. The van der Waals surface area contributed by atoms with Gasteiger partial charge in [0.1, 0.15) is 22.8 Å². The van der Waals surface area contributed by atoms with Crippen molar-refractivity contribution in [2.75, 3.05) is 19.0 Å². The molecule has 0 aliphatic rings. The van der Waals surface area contributed by atoms with E-state index in [0.29, 0.717) is 11.4 Å². The van der Waals surface area contributed by atoms with Crippen LogP contribution in [-0.4, -0.2) is 19.6 Å². The van der Waals surface area contributed by atoms with Crippen LogP contribution >= 0.6 is 0 Å². The number of halogens is 3. The van der Waals surface area contributed by atoms with Crippen LogP contribution < -0.4 is 25.0 Å². The number of amides is 1. The van der Waals surface area contributed by atoms with Crippen molar-refractivity contribution in [2.24, 2.45) is 0 Å². The van der Waals surface area contributed by atoms with Gasteiger partial charge >= 0.3 is 6.18 Å². The number of benzene rings is 4. The Kier molecular flexibility index (Phi) is 7.64. The summed E-state index contributed by atoms with van der Waals surface area (Å²) in [6, 6.07) is 26.0. The number of hydrogen-bond donors (Lipinski definition) is 1. The average Bonchev–Trinajstić information content (AvgIpc) is 2.98. The summed E-state index contributed by atoms with van der Waals surface area (Å²) in [6.07, 6.45) is -5.03. The molecular weight excluding hydrogens is 539 g/mol. The van der Waals surface area contributed by atoms with E-state index in [1.807, 2.05) is 30.3 Å². The van der Waals surface area contributed by atoms with Crippen LogP contribution in [0.4, 0.5) is 18.9 Å². The number of hydrogen-bond acceptors (Lipinski definition) is 6. The molecular formula is C31H22F3NO6. The molecule has 5 rings (SSSR count). The summed E-state index contributed by atoms with van der Waals surface area (Å²) in [5.74, 6) is -2.39. The number of fused-ring (bicyclic) bond motifs is 1. The summed E-state index contributed by atoms with van der Waals surface area (Å²) in [4.78, 5) is 25.4. The summed E-state index contributed by atoms with van der Waals surface area (Å²) in [6.45, 7) is -0.436. The van der Waals surface area contributed by atoms with Crippen molar-refractivity contribution in [3.8, 4) is 34.1 Å². The maximum atomic E-state index is 13.9. The lowest BCUT2D eigenvalue weighted by molar-refractivity contribution is -0.154. The van der Waals surface area contributed by atoms with Crippen LogP contribution in [0.2, 0.25) is 0 Å². The van der Waals surface area contributed by atoms with Gasteiger partial charge in [0.05, 0.1) is 12.5 Å². The molecule has 0 radical (unpaired) electrons. The zero-order valence-electron chi connectivity index (χ0n) is 21.5. The summed E-state index contributed by atoms with van der Waals surface area (Å²) in [5, 5.41) is 2.47. The SMILES string of the molecule is COc1ccc(NC(=O)COc2ccc3c(=O)c(Oc4ccc(-c5ccccc5)cc4)c(C(F)(F)F)oc3c2)cc1. The van der Waals surface area contributed by atoms with Gasteiger partial charge in [0.25, 0.3) is 11.7 Å². The Bertz CT molecular complexity index is 1730. The largest absolute Gasteiger partial charge is 0.497 e. The Balaban J connectivity index is 1.36. The molecule has 0 atom stereocenters. The summed E-state index contributed by atoms with van der Waals surface area (Å²) < 4.78 is 62.9. The van der Waals surface area contributed by atoms with Crippen LogP contribution in [0.25, 0.3) is 22.1 Å². The third-order valence-electron chi connectivity index (χ3n) is 6.00. The lowest BCUT2D eigenvalue weighted by Gasteiger charge is -2.14. The number of anilines is 1.